The van der Waals surface area contributed by atoms with Crippen molar-refractivity contribution in [2.45, 2.75) is 6.42 Å². The van der Waals surface area contributed by atoms with E-state index in [9.17, 15) is 4.79 Å². The molecule has 0 fully saturated rings. The highest BCUT2D eigenvalue weighted by molar-refractivity contribution is 5.97. The van der Waals surface area contributed by atoms with Gasteiger partial charge >= 0.3 is 0 Å². The van der Waals surface area contributed by atoms with E-state index < -0.39 is 0 Å². The molecule has 0 spiro atoms. The van der Waals surface area contributed by atoms with Crippen molar-refractivity contribution in [2.75, 3.05) is 6.54 Å². The Morgan fingerprint density at radius 1 is 0.963 bits per heavy atom. The maximum absolute atomic E-state index is 12.0. The molecule has 0 unspecified atom stereocenters. The van der Waals surface area contributed by atoms with E-state index in [-0.39, 0.29) is 11.4 Å². The molecule has 6 heteroatoms. The second-order valence-electron chi connectivity index (χ2n) is 6.43. The number of benzene rings is 1. The van der Waals surface area contributed by atoms with Crippen LogP contribution < -0.4 is 5.32 Å². The summed E-state index contributed by atoms with van der Waals surface area (Å²) in [5.74, 6) is -0.0123. The van der Waals surface area contributed by atoms with Gasteiger partial charge in [-0.05, 0) is 30.3 Å². The Hall–Kier alpha value is -3.51. The molecule has 4 N–H and O–H groups in total. The molecule has 3 aromatic heterocycles. The van der Waals surface area contributed by atoms with Crippen LogP contribution in [0.2, 0.25) is 0 Å². The molecule has 0 radical (unpaired) electrons. The zero-order valence-electron chi connectivity index (χ0n) is 14.5. The van der Waals surface area contributed by atoms with Gasteiger partial charge < -0.3 is 15.8 Å². The van der Waals surface area contributed by atoms with Gasteiger partial charge in [0, 0.05) is 53.3 Å². The third kappa shape index (κ3) is 2.96. The van der Waals surface area contributed by atoms with Crippen LogP contribution in [0.5, 0.6) is 0 Å². The molecule has 27 heavy (non-hydrogen) atoms. The Morgan fingerprint density at radius 3 is 2.74 bits per heavy atom. The maximum Gasteiger partial charge on any atom is 0.253 e. The molecule has 1 amide bonds. The molecule has 4 aromatic rings. The molecule has 134 valence electrons. The number of fused-ring (bicyclic) bond motifs is 2. The molecule has 0 aliphatic carbocycles. The Balaban J connectivity index is 0.00000180. The highest BCUT2D eigenvalue weighted by Crippen LogP contribution is 2.28. The molecule has 0 atom stereocenters. The minimum atomic E-state index is -0.0123. The first-order valence-electron chi connectivity index (χ1n) is 8.59. The van der Waals surface area contributed by atoms with Crippen LogP contribution in [0.3, 0.4) is 0 Å². The maximum atomic E-state index is 12.0. The number of H-pyrrole nitrogens is 1. The number of aromatic nitrogens is 3. The monoisotopic (exact) mass is 358 g/mol. The van der Waals surface area contributed by atoms with E-state index >= 15 is 0 Å². The first kappa shape index (κ1) is 16.9. The quantitative estimate of drug-likeness (QED) is 0.576. The summed E-state index contributed by atoms with van der Waals surface area (Å²) in [6.07, 6.45) is 4.47. The molecule has 6 nitrogen and oxygen atoms in total. The summed E-state index contributed by atoms with van der Waals surface area (Å²) in [6, 6.07) is 16.0. The SMILES string of the molecule is O.O=C1NCCc2[nH]c(-c3ccnc(-c4cnc5ccccc5c4)c3)cc21. The van der Waals surface area contributed by atoms with E-state index in [1.807, 2.05) is 48.7 Å². The summed E-state index contributed by atoms with van der Waals surface area (Å²) >= 11 is 0. The van der Waals surface area contributed by atoms with Crippen LogP contribution in [-0.4, -0.2) is 32.9 Å². The van der Waals surface area contributed by atoms with Gasteiger partial charge in [0.25, 0.3) is 5.91 Å². The average molecular weight is 358 g/mol. The normalized spacial score (nSPS) is 13.0. The number of nitrogens with zero attached hydrogens (tertiary/aromatic N) is 2. The molecule has 1 aliphatic rings. The number of pyridine rings is 2. The molecule has 0 bridgehead atoms. The van der Waals surface area contributed by atoms with Crippen LogP contribution >= 0.6 is 0 Å². The number of para-hydroxylation sites is 1. The van der Waals surface area contributed by atoms with Gasteiger partial charge in [0.15, 0.2) is 0 Å². The molecule has 0 saturated carbocycles. The van der Waals surface area contributed by atoms with Crippen molar-refractivity contribution in [1.29, 1.82) is 0 Å². The van der Waals surface area contributed by atoms with Crippen molar-refractivity contribution in [3.8, 4) is 22.5 Å². The molecule has 0 saturated heterocycles. The summed E-state index contributed by atoms with van der Waals surface area (Å²) < 4.78 is 0. The zero-order valence-corrected chi connectivity index (χ0v) is 14.5. The highest BCUT2D eigenvalue weighted by Gasteiger charge is 2.20. The lowest BCUT2D eigenvalue weighted by Crippen LogP contribution is -2.31. The van der Waals surface area contributed by atoms with Gasteiger partial charge in [-0.2, -0.15) is 0 Å². The van der Waals surface area contributed by atoms with Gasteiger partial charge in [-0.15, -0.1) is 0 Å². The van der Waals surface area contributed by atoms with Crippen molar-refractivity contribution in [3.05, 3.63) is 72.2 Å². The number of carbonyl (C=O) groups excluding carboxylic acids is 1. The number of hydrogen-bond acceptors (Lipinski definition) is 3. The highest BCUT2D eigenvalue weighted by atomic mass is 16.1. The van der Waals surface area contributed by atoms with Crippen LogP contribution in [0.15, 0.2) is 60.9 Å². The van der Waals surface area contributed by atoms with Gasteiger partial charge in [0.1, 0.15) is 0 Å². The van der Waals surface area contributed by atoms with Gasteiger partial charge in [-0.1, -0.05) is 18.2 Å². The van der Waals surface area contributed by atoms with Gasteiger partial charge in [-0.3, -0.25) is 14.8 Å². The summed E-state index contributed by atoms with van der Waals surface area (Å²) in [7, 11) is 0. The number of rotatable bonds is 2. The molecule has 4 heterocycles. The van der Waals surface area contributed by atoms with Crippen molar-refractivity contribution in [2.24, 2.45) is 0 Å². The fraction of sp³-hybridized carbons (Fsp3) is 0.0952. The fourth-order valence-electron chi connectivity index (χ4n) is 3.42. The standard InChI is InChI=1S/C21H16N4O.H2O/c26-21-16-11-20(25-18(16)6-8-23-21)14-5-7-22-19(10-14)15-9-13-3-1-2-4-17(13)24-12-15;/h1-5,7,9-12,25H,6,8H2,(H,23,26);1H2. The van der Waals surface area contributed by atoms with E-state index in [2.05, 4.69) is 26.3 Å². The summed E-state index contributed by atoms with van der Waals surface area (Å²) in [5, 5.41) is 3.96. The first-order chi connectivity index (χ1) is 12.8. The lowest BCUT2D eigenvalue weighted by molar-refractivity contribution is 0.0946. The predicted octanol–water partition coefficient (Wildman–Crippen LogP) is 2.75. The second kappa shape index (κ2) is 6.66. The average Bonchev–Trinajstić information content (AvgIpc) is 3.14. The Bertz CT molecular complexity index is 1150. The van der Waals surface area contributed by atoms with Crippen molar-refractivity contribution in [3.63, 3.8) is 0 Å². The smallest absolute Gasteiger partial charge is 0.253 e. The topological polar surface area (TPSA) is 102 Å². The van der Waals surface area contributed by atoms with Crippen LogP contribution in [0.25, 0.3) is 33.4 Å². The Morgan fingerprint density at radius 2 is 1.85 bits per heavy atom. The number of aromatic amines is 1. The van der Waals surface area contributed by atoms with Gasteiger partial charge in [0.2, 0.25) is 0 Å². The van der Waals surface area contributed by atoms with E-state index in [4.69, 9.17) is 0 Å². The molecular formula is C21H18N4O2. The van der Waals surface area contributed by atoms with E-state index in [0.717, 1.165) is 51.1 Å². The molecular weight excluding hydrogens is 340 g/mol. The zero-order chi connectivity index (χ0) is 17.5. The van der Waals surface area contributed by atoms with Crippen molar-refractivity contribution >= 4 is 16.8 Å². The number of carbonyl (C=O) groups is 1. The van der Waals surface area contributed by atoms with Gasteiger partial charge in [-0.25, -0.2) is 0 Å². The largest absolute Gasteiger partial charge is 0.412 e. The van der Waals surface area contributed by atoms with E-state index in [1.54, 1.807) is 6.20 Å². The third-order valence-electron chi connectivity index (χ3n) is 4.76. The van der Waals surface area contributed by atoms with Crippen LogP contribution in [0.1, 0.15) is 16.1 Å². The summed E-state index contributed by atoms with van der Waals surface area (Å²) in [4.78, 5) is 24.4. The molecule has 1 aliphatic heterocycles. The van der Waals surface area contributed by atoms with Crippen molar-refractivity contribution < 1.29 is 10.3 Å². The lowest BCUT2D eigenvalue weighted by atomic mass is 10.1. The second-order valence-corrected chi connectivity index (χ2v) is 6.43. The number of hydrogen-bond donors (Lipinski definition) is 2. The first-order valence-corrected chi connectivity index (χ1v) is 8.59. The summed E-state index contributed by atoms with van der Waals surface area (Å²) in [6.45, 7) is 0.677. The lowest BCUT2D eigenvalue weighted by Gasteiger charge is -2.10. The van der Waals surface area contributed by atoms with E-state index in [1.165, 1.54) is 0 Å². The fourth-order valence-corrected chi connectivity index (χ4v) is 3.42. The van der Waals surface area contributed by atoms with Crippen LogP contribution in [0, 0.1) is 0 Å². The third-order valence-corrected chi connectivity index (χ3v) is 4.76. The molecule has 5 rings (SSSR count). The van der Waals surface area contributed by atoms with E-state index in [0.29, 0.717) is 6.54 Å². The number of amides is 1. The molecule has 1 aromatic carbocycles. The minimum absolute atomic E-state index is 0. The summed E-state index contributed by atoms with van der Waals surface area (Å²) in [5.41, 5.74) is 6.47. The predicted molar refractivity (Wildman–Crippen MR) is 104 cm³/mol. The van der Waals surface area contributed by atoms with Crippen LogP contribution in [-0.2, 0) is 6.42 Å². The Kier molecular flexibility index (Phi) is 4.18. The number of nitrogens with one attached hydrogen (secondary N) is 2. The Labute approximate surface area is 155 Å². The van der Waals surface area contributed by atoms with Gasteiger partial charge in [0.05, 0.1) is 16.8 Å². The van der Waals surface area contributed by atoms with Crippen LogP contribution in [0.4, 0.5) is 0 Å². The minimum Gasteiger partial charge on any atom is -0.412 e. The van der Waals surface area contributed by atoms with Crippen molar-refractivity contribution in [1.82, 2.24) is 20.3 Å².